The Labute approximate surface area is 144 Å². The van der Waals surface area contributed by atoms with Crippen LogP contribution < -0.4 is 0 Å². The molecule has 0 amide bonds. The van der Waals surface area contributed by atoms with Crippen molar-refractivity contribution in [2.45, 2.75) is 46.5 Å². The SMILES string of the molecule is CC(=O)OCc1ccccc1.COCC(C)OCC(C)OC(C)=O. The second kappa shape index (κ2) is 13.5. The summed E-state index contributed by atoms with van der Waals surface area (Å²) in [5, 5.41) is 0. The van der Waals surface area contributed by atoms with E-state index in [0.29, 0.717) is 19.8 Å². The van der Waals surface area contributed by atoms with Gasteiger partial charge in [-0.15, -0.1) is 0 Å². The fraction of sp³-hybridized carbons (Fsp3) is 0.556. The normalized spacial score (nSPS) is 12.4. The minimum absolute atomic E-state index is 0.0306. The van der Waals surface area contributed by atoms with Crippen LogP contribution >= 0.6 is 0 Å². The highest BCUT2D eigenvalue weighted by molar-refractivity contribution is 5.66. The average molecular weight is 340 g/mol. The molecule has 2 unspecified atom stereocenters. The van der Waals surface area contributed by atoms with Crippen molar-refractivity contribution in [3.63, 3.8) is 0 Å². The van der Waals surface area contributed by atoms with Gasteiger partial charge in [0, 0.05) is 21.0 Å². The molecule has 1 aromatic rings. The van der Waals surface area contributed by atoms with E-state index in [-0.39, 0.29) is 24.1 Å². The second-order valence-corrected chi connectivity index (χ2v) is 5.29. The van der Waals surface area contributed by atoms with Crippen molar-refractivity contribution in [2.24, 2.45) is 0 Å². The number of esters is 2. The lowest BCUT2D eigenvalue weighted by Gasteiger charge is -2.16. The zero-order valence-electron chi connectivity index (χ0n) is 15.1. The van der Waals surface area contributed by atoms with Crippen LogP contribution in [0, 0.1) is 0 Å². The Morgan fingerprint density at radius 2 is 1.58 bits per heavy atom. The molecule has 24 heavy (non-hydrogen) atoms. The Balaban J connectivity index is 0.000000446. The van der Waals surface area contributed by atoms with Crippen molar-refractivity contribution in [3.05, 3.63) is 35.9 Å². The molecule has 0 aliphatic heterocycles. The summed E-state index contributed by atoms with van der Waals surface area (Å²) in [4.78, 5) is 20.9. The summed E-state index contributed by atoms with van der Waals surface area (Å²) in [6.45, 7) is 7.82. The number of hydrogen-bond acceptors (Lipinski definition) is 6. The molecule has 6 nitrogen and oxygen atoms in total. The first-order valence-corrected chi connectivity index (χ1v) is 7.80. The number of rotatable bonds is 8. The Kier molecular flexibility index (Phi) is 12.4. The first-order valence-electron chi connectivity index (χ1n) is 7.80. The third-order valence-electron chi connectivity index (χ3n) is 2.67. The lowest BCUT2D eigenvalue weighted by Crippen LogP contribution is -2.24. The molecule has 0 spiro atoms. The highest BCUT2D eigenvalue weighted by Crippen LogP contribution is 2.00. The molecule has 1 aromatic carbocycles. The molecule has 136 valence electrons. The van der Waals surface area contributed by atoms with E-state index >= 15 is 0 Å². The molecule has 0 aliphatic carbocycles. The third-order valence-corrected chi connectivity index (χ3v) is 2.67. The van der Waals surface area contributed by atoms with Gasteiger partial charge >= 0.3 is 11.9 Å². The molecule has 2 atom stereocenters. The second-order valence-electron chi connectivity index (χ2n) is 5.29. The minimum Gasteiger partial charge on any atom is -0.461 e. The Morgan fingerprint density at radius 1 is 0.958 bits per heavy atom. The molecule has 0 saturated carbocycles. The van der Waals surface area contributed by atoms with Crippen LogP contribution in [0.25, 0.3) is 0 Å². The molecular formula is C18H28O6. The van der Waals surface area contributed by atoms with Gasteiger partial charge in [0.1, 0.15) is 12.7 Å². The monoisotopic (exact) mass is 340 g/mol. The molecule has 0 saturated heterocycles. The summed E-state index contributed by atoms with van der Waals surface area (Å²) in [6.07, 6.45) is -0.167. The topological polar surface area (TPSA) is 71.1 Å². The van der Waals surface area contributed by atoms with Crippen LogP contribution in [0.1, 0.15) is 33.3 Å². The lowest BCUT2D eigenvalue weighted by molar-refractivity contribution is -0.149. The molecule has 0 fully saturated rings. The van der Waals surface area contributed by atoms with Gasteiger partial charge in [-0.05, 0) is 19.4 Å². The molecule has 0 bridgehead atoms. The standard InChI is InChI=1S/C9H18O4.C9H10O2/c1-7(5-11-4)12-6-8(2)13-9(3)10;1-8(10)11-7-9-5-3-2-4-6-9/h7-8H,5-6H2,1-4H3;2-6H,7H2,1H3. The molecule has 0 N–H and O–H groups in total. The van der Waals surface area contributed by atoms with E-state index in [1.54, 1.807) is 14.0 Å². The number of carbonyl (C=O) groups excluding carboxylic acids is 2. The summed E-state index contributed by atoms with van der Waals surface area (Å²) in [6, 6.07) is 9.60. The van der Waals surface area contributed by atoms with Gasteiger partial charge in [-0.25, -0.2) is 0 Å². The van der Waals surface area contributed by atoms with Crippen LogP contribution in [-0.2, 0) is 35.1 Å². The van der Waals surface area contributed by atoms with Gasteiger partial charge in [0.25, 0.3) is 0 Å². The molecule has 0 aliphatic rings. The first kappa shape index (κ1) is 22.1. The van der Waals surface area contributed by atoms with Crippen LogP contribution in [0.4, 0.5) is 0 Å². The predicted octanol–water partition coefficient (Wildman–Crippen LogP) is 2.74. The summed E-state index contributed by atoms with van der Waals surface area (Å²) in [5.74, 6) is -0.524. The van der Waals surface area contributed by atoms with Crippen molar-refractivity contribution in [1.82, 2.24) is 0 Å². The van der Waals surface area contributed by atoms with Crippen molar-refractivity contribution in [3.8, 4) is 0 Å². The Bertz CT molecular complexity index is 460. The van der Waals surface area contributed by atoms with E-state index in [2.05, 4.69) is 0 Å². The minimum atomic E-state index is -0.282. The summed E-state index contributed by atoms with van der Waals surface area (Å²) in [7, 11) is 1.62. The maximum Gasteiger partial charge on any atom is 0.302 e. The fourth-order valence-corrected chi connectivity index (χ4v) is 1.66. The maximum atomic E-state index is 10.5. The van der Waals surface area contributed by atoms with E-state index in [9.17, 15) is 9.59 Å². The third kappa shape index (κ3) is 13.7. The zero-order valence-corrected chi connectivity index (χ0v) is 15.1. The average Bonchev–Trinajstić information content (AvgIpc) is 2.52. The van der Waals surface area contributed by atoms with Crippen molar-refractivity contribution in [1.29, 1.82) is 0 Å². The number of ether oxygens (including phenoxy) is 4. The smallest absolute Gasteiger partial charge is 0.302 e. The van der Waals surface area contributed by atoms with Gasteiger partial charge in [0.2, 0.25) is 0 Å². The number of carbonyl (C=O) groups is 2. The van der Waals surface area contributed by atoms with E-state index in [4.69, 9.17) is 18.9 Å². The van der Waals surface area contributed by atoms with Crippen LogP contribution in [-0.4, -0.2) is 44.5 Å². The number of benzene rings is 1. The van der Waals surface area contributed by atoms with E-state index in [0.717, 1.165) is 5.56 Å². The molecule has 0 heterocycles. The van der Waals surface area contributed by atoms with Crippen molar-refractivity contribution in [2.75, 3.05) is 20.3 Å². The highest BCUT2D eigenvalue weighted by atomic mass is 16.6. The quantitative estimate of drug-likeness (QED) is 0.678. The molecule has 0 radical (unpaired) electrons. The van der Waals surface area contributed by atoms with Crippen molar-refractivity contribution < 1.29 is 28.5 Å². The molecule has 0 aromatic heterocycles. The van der Waals surface area contributed by atoms with E-state index in [1.165, 1.54) is 13.8 Å². The molecular weight excluding hydrogens is 312 g/mol. The van der Waals surface area contributed by atoms with Crippen LogP contribution in [0.2, 0.25) is 0 Å². The highest BCUT2D eigenvalue weighted by Gasteiger charge is 2.08. The maximum absolute atomic E-state index is 10.5. The van der Waals surface area contributed by atoms with Gasteiger partial charge in [-0.3, -0.25) is 9.59 Å². The summed E-state index contributed by atoms with van der Waals surface area (Å²) >= 11 is 0. The van der Waals surface area contributed by atoms with Gasteiger partial charge in [0.15, 0.2) is 0 Å². The summed E-state index contributed by atoms with van der Waals surface area (Å²) in [5.41, 5.74) is 1.02. The van der Waals surface area contributed by atoms with Crippen LogP contribution in [0.5, 0.6) is 0 Å². The lowest BCUT2D eigenvalue weighted by atomic mass is 10.2. The van der Waals surface area contributed by atoms with E-state index in [1.807, 2.05) is 37.3 Å². The fourth-order valence-electron chi connectivity index (χ4n) is 1.66. The largest absolute Gasteiger partial charge is 0.461 e. The Morgan fingerprint density at radius 3 is 2.08 bits per heavy atom. The van der Waals surface area contributed by atoms with Crippen LogP contribution in [0.3, 0.4) is 0 Å². The zero-order chi connectivity index (χ0) is 18.4. The molecule has 1 rings (SSSR count). The first-order chi connectivity index (χ1) is 11.3. The van der Waals surface area contributed by atoms with Gasteiger partial charge in [-0.2, -0.15) is 0 Å². The predicted molar refractivity (Wildman–Crippen MR) is 90.4 cm³/mol. The number of methoxy groups -OCH3 is 1. The van der Waals surface area contributed by atoms with Gasteiger partial charge in [-0.1, -0.05) is 30.3 Å². The van der Waals surface area contributed by atoms with Crippen LogP contribution in [0.15, 0.2) is 30.3 Å². The Hall–Kier alpha value is -1.92. The number of hydrogen-bond donors (Lipinski definition) is 0. The van der Waals surface area contributed by atoms with E-state index < -0.39 is 0 Å². The van der Waals surface area contributed by atoms with Gasteiger partial charge < -0.3 is 18.9 Å². The molecule has 6 heteroatoms. The van der Waals surface area contributed by atoms with Crippen molar-refractivity contribution >= 4 is 11.9 Å². The summed E-state index contributed by atoms with van der Waals surface area (Å²) < 4.78 is 19.9. The van der Waals surface area contributed by atoms with Gasteiger partial charge in [0.05, 0.1) is 19.3 Å².